The van der Waals surface area contributed by atoms with Crippen molar-refractivity contribution in [2.45, 2.75) is 12.8 Å². The number of piperidine rings is 1. The average molecular weight is 407 g/mol. The fraction of sp³-hybridized carbons (Fsp3) is 0.238. The number of primary amides is 1. The van der Waals surface area contributed by atoms with Crippen molar-refractivity contribution in [3.63, 3.8) is 0 Å². The predicted octanol–water partition coefficient (Wildman–Crippen LogP) is 3.16. The van der Waals surface area contributed by atoms with Crippen LogP contribution in [0.3, 0.4) is 0 Å². The number of rotatable bonds is 5. The molecule has 29 heavy (non-hydrogen) atoms. The zero-order valence-corrected chi connectivity index (χ0v) is 16.6. The molecule has 7 nitrogen and oxygen atoms in total. The largest absolute Gasteiger partial charge is 0.366 e. The Kier molecular flexibility index (Phi) is 5.53. The summed E-state index contributed by atoms with van der Waals surface area (Å²) in [7, 11) is 0. The van der Waals surface area contributed by atoms with Crippen LogP contribution in [-0.4, -0.2) is 35.1 Å². The second-order valence-corrected chi connectivity index (χ2v) is 7.86. The molecule has 1 saturated heterocycles. The Balaban J connectivity index is 1.36. The summed E-state index contributed by atoms with van der Waals surface area (Å²) in [5.41, 5.74) is 7.03. The summed E-state index contributed by atoms with van der Waals surface area (Å²) in [6.07, 6.45) is 1.41. The lowest BCUT2D eigenvalue weighted by Gasteiger charge is -2.31. The van der Waals surface area contributed by atoms with Crippen LogP contribution in [0.4, 0.5) is 11.5 Å². The van der Waals surface area contributed by atoms with Crippen molar-refractivity contribution in [1.29, 1.82) is 0 Å². The second kappa shape index (κ2) is 8.40. The number of aromatic nitrogens is 2. The highest BCUT2D eigenvalue weighted by molar-refractivity contribution is 7.13. The third kappa shape index (κ3) is 4.27. The van der Waals surface area contributed by atoms with Gasteiger partial charge in [0.2, 0.25) is 5.91 Å². The summed E-state index contributed by atoms with van der Waals surface area (Å²) in [4.78, 5) is 27.4. The van der Waals surface area contributed by atoms with Gasteiger partial charge in [-0.25, -0.2) is 0 Å². The number of carbonyl (C=O) groups is 2. The van der Waals surface area contributed by atoms with Gasteiger partial charge in [0.05, 0.1) is 16.1 Å². The zero-order valence-electron chi connectivity index (χ0n) is 15.7. The summed E-state index contributed by atoms with van der Waals surface area (Å²) < 4.78 is 0. The third-order valence-electron chi connectivity index (χ3n) is 5.06. The third-order valence-corrected chi connectivity index (χ3v) is 5.96. The van der Waals surface area contributed by atoms with E-state index in [1.165, 1.54) is 0 Å². The molecule has 1 aliphatic heterocycles. The molecule has 0 spiro atoms. The van der Waals surface area contributed by atoms with Crippen molar-refractivity contribution in [1.82, 2.24) is 10.2 Å². The molecule has 3 heterocycles. The van der Waals surface area contributed by atoms with Crippen molar-refractivity contribution >= 4 is 34.7 Å². The van der Waals surface area contributed by atoms with Gasteiger partial charge in [-0.3, -0.25) is 9.59 Å². The first-order valence-electron chi connectivity index (χ1n) is 9.44. The van der Waals surface area contributed by atoms with E-state index in [-0.39, 0.29) is 11.8 Å². The lowest BCUT2D eigenvalue weighted by atomic mass is 9.95. The van der Waals surface area contributed by atoms with E-state index in [1.54, 1.807) is 35.6 Å². The van der Waals surface area contributed by atoms with E-state index in [0.29, 0.717) is 24.1 Å². The minimum Gasteiger partial charge on any atom is -0.366 e. The van der Waals surface area contributed by atoms with Gasteiger partial charge in [-0.1, -0.05) is 18.2 Å². The maximum Gasteiger partial charge on any atom is 0.250 e. The maximum absolute atomic E-state index is 12.7. The fourth-order valence-corrected chi connectivity index (χ4v) is 4.15. The van der Waals surface area contributed by atoms with Crippen LogP contribution in [0, 0.1) is 5.92 Å². The molecular formula is C21H21N5O2S. The van der Waals surface area contributed by atoms with Crippen molar-refractivity contribution in [3.8, 4) is 10.6 Å². The molecule has 0 radical (unpaired) electrons. The molecule has 2 amide bonds. The van der Waals surface area contributed by atoms with Gasteiger partial charge < -0.3 is 16.0 Å². The number of hydrogen-bond acceptors (Lipinski definition) is 6. The minimum absolute atomic E-state index is 0.0857. The lowest BCUT2D eigenvalue weighted by molar-refractivity contribution is -0.120. The minimum atomic E-state index is -0.555. The molecule has 0 unspecified atom stereocenters. The molecule has 8 heteroatoms. The van der Waals surface area contributed by atoms with Crippen LogP contribution in [-0.2, 0) is 4.79 Å². The lowest BCUT2D eigenvalue weighted by Crippen LogP contribution is -2.38. The Bertz CT molecular complexity index is 996. The van der Waals surface area contributed by atoms with Gasteiger partial charge in [-0.15, -0.1) is 21.5 Å². The first-order chi connectivity index (χ1) is 14.1. The summed E-state index contributed by atoms with van der Waals surface area (Å²) in [6, 6.07) is 14.8. The number of nitrogens with two attached hydrogens (primary N) is 1. The Labute approximate surface area is 172 Å². The van der Waals surface area contributed by atoms with E-state index < -0.39 is 5.91 Å². The molecule has 0 saturated carbocycles. The number of anilines is 2. The number of amides is 2. The van der Waals surface area contributed by atoms with Crippen molar-refractivity contribution < 1.29 is 9.59 Å². The molecule has 2 aromatic heterocycles. The van der Waals surface area contributed by atoms with Crippen LogP contribution < -0.4 is 16.0 Å². The van der Waals surface area contributed by atoms with E-state index in [0.717, 1.165) is 29.5 Å². The topological polar surface area (TPSA) is 101 Å². The van der Waals surface area contributed by atoms with Gasteiger partial charge in [-0.05, 0) is 48.6 Å². The summed E-state index contributed by atoms with van der Waals surface area (Å²) in [6.45, 7) is 1.45. The van der Waals surface area contributed by atoms with E-state index in [2.05, 4.69) is 20.4 Å². The van der Waals surface area contributed by atoms with Gasteiger partial charge in [-0.2, -0.15) is 0 Å². The van der Waals surface area contributed by atoms with Crippen LogP contribution >= 0.6 is 11.3 Å². The first kappa shape index (κ1) is 19.1. The molecule has 1 aliphatic rings. The number of nitrogens with zero attached hydrogens (tertiary/aromatic N) is 3. The number of thiophene rings is 1. The quantitative estimate of drug-likeness (QED) is 0.677. The van der Waals surface area contributed by atoms with E-state index in [9.17, 15) is 9.59 Å². The monoisotopic (exact) mass is 407 g/mol. The summed E-state index contributed by atoms with van der Waals surface area (Å²) >= 11 is 1.63. The van der Waals surface area contributed by atoms with Crippen LogP contribution in [0.2, 0.25) is 0 Å². The number of para-hydroxylation sites is 1. The molecule has 1 fully saturated rings. The summed E-state index contributed by atoms with van der Waals surface area (Å²) in [5, 5.41) is 13.6. The maximum atomic E-state index is 12.7. The number of nitrogens with one attached hydrogen (secondary N) is 1. The zero-order chi connectivity index (χ0) is 20.2. The normalized spacial score (nSPS) is 14.6. The van der Waals surface area contributed by atoms with Crippen molar-refractivity contribution in [2.75, 3.05) is 23.3 Å². The van der Waals surface area contributed by atoms with Crippen molar-refractivity contribution in [2.24, 2.45) is 11.7 Å². The van der Waals surface area contributed by atoms with E-state index in [4.69, 9.17) is 5.73 Å². The second-order valence-electron chi connectivity index (χ2n) is 6.91. The molecule has 3 aromatic rings. The molecule has 0 atom stereocenters. The van der Waals surface area contributed by atoms with Gasteiger partial charge in [0, 0.05) is 19.0 Å². The van der Waals surface area contributed by atoms with Gasteiger partial charge in [0.15, 0.2) is 5.82 Å². The van der Waals surface area contributed by atoms with Crippen molar-refractivity contribution in [3.05, 3.63) is 59.5 Å². The molecule has 4 rings (SSSR count). The van der Waals surface area contributed by atoms with Crippen LogP contribution in [0.15, 0.2) is 53.9 Å². The van der Waals surface area contributed by atoms with Gasteiger partial charge >= 0.3 is 0 Å². The first-order valence-corrected chi connectivity index (χ1v) is 10.3. The van der Waals surface area contributed by atoms with Crippen LogP contribution in [0.25, 0.3) is 10.6 Å². The number of benzene rings is 1. The SMILES string of the molecule is NC(=O)c1ccccc1NC(=O)C1CCN(c2ccc(-c3cccs3)nn2)CC1. The molecule has 0 aliphatic carbocycles. The van der Waals surface area contributed by atoms with Crippen LogP contribution in [0.5, 0.6) is 0 Å². The highest BCUT2D eigenvalue weighted by Crippen LogP contribution is 2.26. The van der Waals surface area contributed by atoms with E-state index in [1.807, 2.05) is 29.6 Å². The highest BCUT2D eigenvalue weighted by Gasteiger charge is 2.26. The van der Waals surface area contributed by atoms with Gasteiger partial charge in [0.1, 0.15) is 5.69 Å². The summed E-state index contributed by atoms with van der Waals surface area (Å²) in [5.74, 6) is 0.0616. The Morgan fingerprint density at radius 2 is 1.83 bits per heavy atom. The predicted molar refractivity (Wildman–Crippen MR) is 114 cm³/mol. The molecule has 3 N–H and O–H groups in total. The highest BCUT2D eigenvalue weighted by atomic mass is 32.1. The standard InChI is InChI=1S/C21H21N5O2S/c22-20(27)15-4-1-2-5-16(15)23-21(28)14-9-11-26(12-10-14)19-8-7-17(24-25-19)18-6-3-13-29-18/h1-8,13-14H,9-12H2,(H2,22,27)(H,23,28). The Morgan fingerprint density at radius 1 is 1.03 bits per heavy atom. The molecule has 1 aromatic carbocycles. The average Bonchev–Trinajstić information content (AvgIpc) is 3.29. The fourth-order valence-electron chi connectivity index (χ4n) is 3.46. The Hall–Kier alpha value is -3.26. The number of hydrogen-bond donors (Lipinski definition) is 2. The van der Waals surface area contributed by atoms with Crippen LogP contribution in [0.1, 0.15) is 23.2 Å². The molecular weight excluding hydrogens is 386 g/mol. The van der Waals surface area contributed by atoms with E-state index >= 15 is 0 Å². The number of carbonyl (C=O) groups excluding carboxylic acids is 2. The smallest absolute Gasteiger partial charge is 0.250 e. The molecule has 0 bridgehead atoms. The van der Waals surface area contributed by atoms with Gasteiger partial charge in [0.25, 0.3) is 5.91 Å². The molecule has 148 valence electrons. The Morgan fingerprint density at radius 3 is 2.48 bits per heavy atom.